The minimum atomic E-state index is -0.223. The summed E-state index contributed by atoms with van der Waals surface area (Å²) < 4.78 is 0. The van der Waals surface area contributed by atoms with Gasteiger partial charge in [0.15, 0.2) is 5.01 Å². The third kappa shape index (κ3) is 3.10. The Labute approximate surface area is 102 Å². The van der Waals surface area contributed by atoms with E-state index in [1.807, 2.05) is 0 Å². The lowest BCUT2D eigenvalue weighted by Crippen LogP contribution is -2.05. The highest BCUT2D eigenvalue weighted by molar-refractivity contribution is 7.18. The summed E-state index contributed by atoms with van der Waals surface area (Å²) in [5.41, 5.74) is 0.408. The molecule has 0 amide bonds. The van der Waals surface area contributed by atoms with Crippen LogP contribution in [0.25, 0.3) is 10.7 Å². The summed E-state index contributed by atoms with van der Waals surface area (Å²) in [6.45, 7) is 3.03. The van der Waals surface area contributed by atoms with Crippen molar-refractivity contribution in [3.05, 3.63) is 22.5 Å². The maximum atomic E-state index is 10.9. The Morgan fingerprint density at radius 2 is 2.29 bits per heavy atom. The molecule has 0 aliphatic carbocycles. The number of nitrogens with zero attached hydrogens (tertiary/aromatic N) is 3. The number of rotatable bonds is 5. The summed E-state index contributed by atoms with van der Waals surface area (Å²) in [5.74, 6) is 0. The summed E-state index contributed by atoms with van der Waals surface area (Å²) in [7, 11) is 0. The van der Waals surface area contributed by atoms with Gasteiger partial charge in [0, 0.05) is 12.6 Å². The van der Waals surface area contributed by atoms with Gasteiger partial charge in [-0.15, -0.1) is 10.2 Å². The van der Waals surface area contributed by atoms with E-state index in [4.69, 9.17) is 0 Å². The van der Waals surface area contributed by atoms with Crippen LogP contribution in [0.4, 0.5) is 5.13 Å². The Morgan fingerprint density at radius 3 is 3.00 bits per heavy atom. The molecule has 2 heterocycles. The smallest absolute Gasteiger partial charge is 0.264 e. The van der Waals surface area contributed by atoms with E-state index in [1.165, 1.54) is 17.4 Å². The summed E-state index contributed by atoms with van der Waals surface area (Å²) >= 11 is 1.42. The predicted molar refractivity (Wildman–Crippen MR) is 67.2 cm³/mol. The average molecular weight is 251 g/mol. The SMILES string of the molecule is CCCCNc1nnc(-c2ccc(=O)[nH]n2)s1. The standard InChI is InChI=1S/C10H13N5OS/c1-2-3-6-11-10-15-14-9(17-10)7-4-5-8(16)13-12-7/h4-5H,2-3,6H2,1H3,(H,11,15)(H,13,16). The number of nitrogens with one attached hydrogen (secondary N) is 2. The first kappa shape index (κ1) is 11.7. The predicted octanol–water partition coefficient (Wildman–Crippen LogP) is 1.50. The summed E-state index contributed by atoms with van der Waals surface area (Å²) in [6.07, 6.45) is 2.24. The van der Waals surface area contributed by atoms with E-state index >= 15 is 0 Å². The van der Waals surface area contributed by atoms with Crippen molar-refractivity contribution < 1.29 is 0 Å². The molecular formula is C10H13N5OS. The molecule has 17 heavy (non-hydrogen) atoms. The first-order valence-electron chi connectivity index (χ1n) is 5.43. The Balaban J connectivity index is 2.07. The van der Waals surface area contributed by atoms with Crippen molar-refractivity contribution in [3.8, 4) is 10.7 Å². The molecular weight excluding hydrogens is 238 g/mol. The van der Waals surface area contributed by atoms with Crippen LogP contribution >= 0.6 is 11.3 Å². The molecule has 0 spiro atoms. The van der Waals surface area contributed by atoms with Gasteiger partial charge in [-0.1, -0.05) is 24.7 Å². The topological polar surface area (TPSA) is 83.6 Å². The van der Waals surface area contributed by atoms with Gasteiger partial charge in [0.1, 0.15) is 5.69 Å². The zero-order valence-corrected chi connectivity index (χ0v) is 10.3. The number of hydrogen-bond donors (Lipinski definition) is 2. The maximum absolute atomic E-state index is 10.9. The molecule has 6 nitrogen and oxygen atoms in total. The van der Waals surface area contributed by atoms with Gasteiger partial charge in [-0.25, -0.2) is 5.10 Å². The van der Waals surface area contributed by atoms with Crippen molar-refractivity contribution >= 4 is 16.5 Å². The van der Waals surface area contributed by atoms with E-state index in [9.17, 15) is 4.79 Å². The number of unbranched alkanes of at least 4 members (excludes halogenated alkanes) is 1. The first-order valence-corrected chi connectivity index (χ1v) is 6.24. The fraction of sp³-hybridized carbons (Fsp3) is 0.400. The molecule has 2 aromatic rings. The van der Waals surface area contributed by atoms with E-state index in [-0.39, 0.29) is 5.56 Å². The molecule has 90 valence electrons. The molecule has 0 atom stereocenters. The van der Waals surface area contributed by atoms with E-state index in [2.05, 4.69) is 32.6 Å². The maximum Gasteiger partial charge on any atom is 0.264 e. The molecule has 0 unspecified atom stereocenters. The van der Waals surface area contributed by atoms with Gasteiger partial charge < -0.3 is 5.32 Å². The average Bonchev–Trinajstić information content (AvgIpc) is 2.79. The van der Waals surface area contributed by atoms with Crippen LogP contribution in [0.3, 0.4) is 0 Å². The van der Waals surface area contributed by atoms with Gasteiger partial charge in [0.05, 0.1) is 0 Å². The van der Waals surface area contributed by atoms with Gasteiger partial charge in [0.2, 0.25) is 5.13 Å². The van der Waals surface area contributed by atoms with Crippen LogP contribution in [0.5, 0.6) is 0 Å². The van der Waals surface area contributed by atoms with Crippen molar-refractivity contribution in [3.63, 3.8) is 0 Å². The minimum Gasteiger partial charge on any atom is -0.360 e. The molecule has 2 N–H and O–H groups in total. The van der Waals surface area contributed by atoms with Crippen LogP contribution in [-0.2, 0) is 0 Å². The monoisotopic (exact) mass is 251 g/mol. The van der Waals surface area contributed by atoms with Gasteiger partial charge in [-0.2, -0.15) is 5.10 Å². The van der Waals surface area contributed by atoms with Crippen LogP contribution in [0.1, 0.15) is 19.8 Å². The number of H-pyrrole nitrogens is 1. The van der Waals surface area contributed by atoms with Crippen molar-refractivity contribution in [2.24, 2.45) is 0 Å². The molecule has 0 fully saturated rings. The molecule has 0 saturated carbocycles. The fourth-order valence-electron chi connectivity index (χ4n) is 1.23. The van der Waals surface area contributed by atoms with Crippen molar-refractivity contribution in [2.75, 3.05) is 11.9 Å². The zero-order valence-electron chi connectivity index (χ0n) is 9.43. The molecule has 0 radical (unpaired) electrons. The van der Waals surface area contributed by atoms with Gasteiger partial charge in [0.25, 0.3) is 5.56 Å². The van der Waals surface area contributed by atoms with Crippen molar-refractivity contribution in [1.82, 2.24) is 20.4 Å². The van der Waals surface area contributed by atoms with E-state index in [0.29, 0.717) is 10.7 Å². The molecule has 7 heteroatoms. The second-order valence-electron chi connectivity index (χ2n) is 3.50. The molecule has 0 aliphatic rings. The summed E-state index contributed by atoms with van der Waals surface area (Å²) in [6, 6.07) is 3.06. The third-order valence-electron chi connectivity index (χ3n) is 2.13. The van der Waals surface area contributed by atoms with Crippen LogP contribution < -0.4 is 10.9 Å². The largest absolute Gasteiger partial charge is 0.360 e. The third-order valence-corrected chi connectivity index (χ3v) is 3.03. The molecule has 0 aliphatic heterocycles. The summed E-state index contributed by atoms with van der Waals surface area (Å²) in [5, 5.41) is 19.0. The normalized spacial score (nSPS) is 10.4. The Morgan fingerprint density at radius 1 is 1.41 bits per heavy atom. The quantitative estimate of drug-likeness (QED) is 0.787. The number of aromatic nitrogens is 4. The second-order valence-corrected chi connectivity index (χ2v) is 4.48. The van der Waals surface area contributed by atoms with Gasteiger partial charge in [-0.3, -0.25) is 4.79 Å². The van der Waals surface area contributed by atoms with Crippen LogP contribution in [0, 0.1) is 0 Å². The van der Waals surface area contributed by atoms with Gasteiger partial charge >= 0.3 is 0 Å². The van der Waals surface area contributed by atoms with Crippen molar-refractivity contribution in [1.29, 1.82) is 0 Å². The van der Waals surface area contributed by atoms with E-state index in [0.717, 1.165) is 24.5 Å². The number of anilines is 1. The molecule has 0 bridgehead atoms. The minimum absolute atomic E-state index is 0.223. The number of hydrogen-bond acceptors (Lipinski definition) is 6. The molecule has 0 saturated heterocycles. The Hall–Kier alpha value is -1.76. The first-order chi connectivity index (χ1) is 8.29. The van der Waals surface area contributed by atoms with Crippen LogP contribution in [0.15, 0.2) is 16.9 Å². The molecule has 2 rings (SSSR count). The van der Waals surface area contributed by atoms with Gasteiger partial charge in [-0.05, 0) is 12.5 Å². The lowest BCUT2D eigenvalue weighted by atomic mass is 10.3. The highest BCUT2D eigenvalue weighted by Crippen LogP contribution is 2.23. The van der Waals surface area contributed by atoms with Crippen LogP contribution in [0.2, 0.25) is 0 Å². The van der Waals surface area contributed by atoms with E-state index < -0.39 is 0 Å². The van der Waals surface area contributed by atoms with E-state index in [1.54, 1.807) is 6.07 Å². The Bertz CT molecular complexity index is 515. The lowest BCUT2D eigenvalue weighted by molar-refractivity contribution is 0.831. The Kier molecular flexibility index (Phi) is 3.81. The summed E-state index contributed by atoms with van der Waals surface area (Å²) in [4.78, 5) is 10.9. The molecule has 0 aromatic carbocycles. The lowest BCUT2D eigenvalue weighted by Gasteiger charge is -1.97. The molecule has 2 aromatic heterocycles. The highest BCUT2D eigenvalue weighted by atomic mass is 32.1. The number of aromatic amines is 1. The highest BCUT2D eigenvalue weighted by Gasteiger charge is 2.07. The van der Waals surface area contributed by atoms with Crippen LogP contribution in [-0.4, -0.2) is 26.9 Å². The zero-order chi connectivity index (χ0) is 12.1. The fourth-order valence-corrected chi connectivity index (χ4v) is 1.97. The van der Waals surface area contributed by atoms with Crippen molar-refractivity contribution in [2.45, 2.75) is 19.8 Å². The second kappa shape index (κ2) is 5.53.